The Morgan fingerprint density at radius 2 is 2.29 bits per heavy atom. The third-order valence-electron chi connectivity index (χ3n) is 3.97. The molecule has 2 fully saturated rings. The number of hydrogen-bond acceptors (Lipinski definition) is 3. The molecule has 3 N–H and O–H groups in total. The number of rotatable bonds is 3. The minimum Gasteiger partial charge on any atom is -0.375 e. The van der Waals surface area contributed by atoms with Crippen molar-refractivity contribution in [3.8, 4) is 0 Å². The number of hydrogen-bond donors (Lipinski definition) is 2. The Morgan fingerprint density at radius 3 is 2.88 bits per heavy atom. The Labute approximate surface area is 100 Å². The third-order valence-corrected chi connectivity index (χ3v) is 3.97. The van der Waals surface area contributed by atoms with Gasteiger partial charge < -0.3 is 4.74 Å². The fourth-order valence-corrected chi connectivity index (χ4v) is 3.19. The van der Waals surface area contributed by atoms with Crippen molar-refractivity contribution in [2.75, 3.05) is 0 Å². The predicted octanol–water partition coefficient (Wildman–Crippen LogP) is 1.90. The highest BCUT2D eigenvalue weighted by Gasteiger charge is 2.44. The topological polar surface area (TPSA) is 47.3 Å². The van der Waals surface area contributed by atoms with Crippen molar-refractivity contribution in [2.45, 2.75) is 37.5 Å². The standard InChI is InChI=1S/C13H17FN2O/c14-9-3-1-2-8(6-9)13(16-15)11-7-10-4-5-12(11)17-10/h1-3,6,10-13,16H,4-5,7,15H2. The lowest BCUT2D eigenvalue weighted by Gasteiger charge is -2.28. The zero-order valence-electron chi connectivity index (χ0n) is 9.60. The lowest BCUT2D eigenvalue weighted by atomic mass is 9.81. The van der Waals surface area contributed by atoms with Crippen LogP contribution in [-0.4, -0.2) is 12.2 Å². The molecule has 3 rings (SSSR count). The Bertz CT molecular complexity index is 412. The van der Waals surface area contributed by atoms with Crippen molar-refractivity contribution >= 4 is 0 Å². The van der Waals surface area contributed by atoms with E-state index < -0.39 is 0 Å². The Hall–Kier alpha value is -0.970. The maximum atomic E-state index is 13.2. The van der Waals surface area contributed by atoms with E-state index in [0.717, 1.165) is 24.8 Å². The van der Waals surface area contributed by atoms with Gasteiger partial charge in [-0.1, -0.05) is 12.1 Å². The molecule has 4 unspecified atom stereocenters. The maximum Gasteiger partial charge on any atom is 0.123 e. The van der Waals surface area contributed by atoms with E-state index in [4.69, 9.17) is 10.6 Å². The lowest BCUT2D eigenvalue weighted by molar-refractivity contribution is 0.0856. The summed E-state index contributed by atoms with van der Waals surface area (Å²) in [5.74, 6) is 5.78. The Balaban J connectivity index is 1.84. The number of ether oxygens (including phenoxy) is 1. The summed E-state index contributed by atoms with van der Waals surface area (Å²) in [6.07, 6.45) is 3.94. The predicted molar refractivity (Wildman–Crippen MR) is 62.5 cm³/mol. The summed E-state index contributed by atoms with van der Waals surface area (Å²) >= 11 is 0. The molecule has 2 saturated heterocycles. The number of nitrogens with one attached hydrogen (secondary N) is 1. The molecule has 2 aliphatic heterocycles. The van der Waals surface area contributed by atoms with E-state index >= 15 is 0 Å². The highest BCUT2D eigenvalue weighted by Crippen LogP contribution is 2.44. The van der Waals surface area contributed by atoms with Gasteiger partial charge in [0.05, 0.1) is 18.2 Å². The van der Waals surface area contributed by atoms with E-state index in [1.807, 2.05) is 6.07 Å². The molecule has 4 atom stereocenters. The number of halogens is 1. The van der Waals surface area contributed by atoms with Crippen LogP contribution < -0.4 is 11.3 Å². The minimum atomic E-state index is -0.216. The molecule has 2 bridgehead atoms. The number of fused-ring (bicyclic) bond motifs is 2. The quantitative estimate of drug-likeness (QED) is 0.622. The van der Waals surface area contributed by atoms with Gasteiger partial charge >= 0.3 is 0 Å². The molecule has 1 aromatic carbocycles. The summed E-state index contributed by atoms with van der Waals surface area (Å²) in [6.45, 7) is 0. The molecular weight excluding hydrogens is 219 g/mol. The first kappa shape index (κ1) is 11.1. The first-order chi connectivity index (χ1) is 8.28. The molecule has 0 saturated carbocycles. The van der Waals surface area contributed by atoms with Gasteiger partial charge in [0.15, 0.2) is 0 Å². The van der Waals surface area contributed by atoms with Crippen LogP contribution in [0, 0.1) is 11.7 Å². The zero-order chi connectivity index (χ0) is 11.8. The fraction of sp³-hybridized carbons (Fsp3) is 0.538. The summed E-state index contributed by atoms with van der Waals surface area (Å²) < 4.78 is 19.1. The molecule has 0 radical (unpaired) electrons. The SMILES string of the molecule is NNC(c1cccc(F)c1)C1CC2CCC1O2. The molecule has 0 aliphatic carbocycles. The van der Waals surface area contributed by atoms with Crippen LogP contribution in [0.1, 0.15) is 30.9 Å². The van der Waals surface area contributed by atoms with Crippen LogP contribution in [0.25, 0.3) is 0 Å². The van der Waals surface area contributed by atoms with Crippen LogP contribution in [0.4, 0.5) is 4.39 Å². The normalized spacial score (nSPS) is 32.9. The van der Waals surface area contributed by atoms with E-state index in [1.54, 1.807) is 12.1 Å². The summed E-state index contributed by atoms with van der Waals surface area (Å²) in [6, 6.07) is 6.63. The third kappa shape index (κ3) is 1.97. The summed E-state index contributed by atoms with van der Waals surface area (Å²) in [5, 5.41) is 0. The second kappa shape index (κ2) is 4.37. The van der Waals surface area contributed by atoms with Crippen molar-refractivity contribution in [2.24, 2.45) is 11.8 Å². The second-order valence-electron chi connectivity index (χ2n) is 4.97. The number of nitrogens with two attached hydrogens (primary N) is 1. The monoisotopic (exact) mass is 236 g/mol. The molecule has 1 aromatic rings. The van der Waals surface area contributed by atoms with Gasteiger partial charge in [-0.05, 0) is 37.0 Å². The van der Waals surface area contributed by atoms with Crippen molar-refractivity contribution in [1.29, 1.82) is 0 Å². The van der Waals surface area contributed by atoms with Gasteiger partial charge in [0.25, 0.3) is 0 Å². The molecule has 17 heavy (non-hydrogen) atoms. The van der Waals surface area contributed by atoms with Crippen LogP contribution in [0.15, 0.2) is 24.3 Å². The Kier molecular flexibility index (Phi) is 2.86. The number of benzene rings is 1. The highest BCUT2D eigenvalue weighted by molar-refractivity contribution is 5.22. The average molecular weight is 236 g/mol. The van der Waals surface area contributed by atoms with Gasteiger partial charge in [0, 0.05) is 5.92 Å². The van der Waals surface area contributed by atoms with Crippen LogP contribution in [0.5, 0.6) is 0 Å². The number of hydrazine groups is 1. The molecular formula is C13H17FN2O. The summed E-state index contributed by atoms with van der Waals surface area (Å²) in [4.78, 5) is 0. The fourth-order valence-electron chi connectivity index (χ4n) is 3.19. The molecule has 2 aliphatic rings. The molecule has 0 amide bonds. The van der Waals surface area contributed by atoms with E-state index in [1.165, 1.54) is 6.07 Å². The van der Waals surface area contributed by atoms with E-state index in [-0.39, 0.29) is 18.0 Å². The molecule has 92 valence electrons. The van der Waals surface area contributed by atoms with E-state index in [2.05, 4.69) is 5.43 Å². The maximum absolute atomic E-state index is 13.2. The van der Waals surface area contributed by atoms with Crippen LogP contribution >= 0.6 is 0 Å². The molecule has 4 heteroatoms. The first-order valence-electron chi connectivity index (χ1n) is 6.15. The van der Waals surface area contributed by atoms with Crippen molar-refractivity contribution in [3.05, 3.63) is 35.6 Å². The van der Waals surface area contributed by atoms with Gasteiger partial charge in [-0.25, -0.2) is 4.39 Å². The van der Waals surface area contributed by atoms with Gasteiger partial charge in [-0.15, -0.1) is 0 Å². The van der Waals surface area contributed by atoms with Crippen molar-refractivity contribution < 1.29 is 9.13 Å². The molecule has 0 aromatic heterocycles. The molecule has 2 heterocycles. The van der Waals surface area contributed by atoms with E-state index in [9.17, 15) is 4.39 Å². The molecule has 3 nitrogen and oxygen atoms in total. The van der Waals surface area contributed by atoms with Crippen LogP contribution in [0.3, 0.4) is 0 Å². The van der Waals surface area contributed by atoms with Crippen molar-refractivity contribution in [1.82, 2.24) is 5.43 Å². The molecule has 0 spiro atoms. The average Bonchev–Trinajstić information content (AvgIpc) is 2.92. The summed E-state index contributed by atoms with van der Waals surface area (Å²) in [5.41, 5.74) is 3.74. The van der Waals surface area contributed by atoms with Gasteiger partial charge in [-0.3, -0.25) is 11.3 Å². The minimum absolute atomic E-state index is 0.0130. The zero-order valence-corrected chi connectivity index (χ0v) is 9.60. The van der Waals surface area contributed by atoms with Gasteiger partial charge in [0.1, 0.15) is 5.82 Å². The van der Waals surface area contributed by atoms with Gasteiger partial charge in [0.2, 0.25) is 0 Å². The smallest absolute Gasteiger partial charge is 0.123 e. The summed E-state index contributed by atoms with van der Waals surface area (Å²) in [7, 11) is 0. The second-order valence-corrected chi connectivity index (χ2v) is 4.97. The van der Waals surface area contributed by atoms with Crippen LogP contribution in [0.2, 0.25) is 0 Å². The highest BCUT2D eigenvalue weighted by atomic mass is 19.1. The Morgan fingerprint density at radius 1 is 1.41 bits per heavy atom. The van der Waals surface area contributed by atoms with Crippen molar-refractivity contribution in [3.63, 3.8) is 0 Å². The first-order valence-corrected chi connectivity index (χ1v) is 6.15. The van der Waals surface area contributed by atoms with Gasteiger partial charge in [-0.2, -0.15) is 0 Å². The van der Waals surface area contributed by atoms with Crippen LogP contribution in [-0.2, 0) is 4.74 Å². The van der Waals surface area contributed by atoms with E-state index in [0.29, 0.717) is 12.0 Å². The lowest BCUT2D eigenvalue weighted by Crippen LogP contribution is -2.37. The largest absolute Gasteiger partial charge is 0.375 e.